The van der Waals surface area contributed by atoms with Gasteiger partial charge in [0.2, 0.25) is 0 Å². The van der Waals surface area contributed by atoms with Crippen molar-refractivity contribution in [1.29, 1.82) is 0 Å². The van der Waals surface area contributed by atoms with E-state index in [9.17, 15) is 4.79 Å². The van der Waals surface area contributed by atoms with Crippen LogP contribution in [0, 0.1) is 0 Å². The SMILES string of the molecule is CN1CCCC(N(C)C(=O)N2CCNCC2)C1. The third kappa shape index (κ3) is 3.10. The van der Waals surface area contributed by atoms with E-state index >= 15 is 0 Å². The van der Waals surface area contributed by atoms with Crippen LogP contribution in [-0.2, 0) is 0 Å². The number of likely N-dealkylation sites (tertiary alicyclic amines) is 1. The Morgan fingerprint density at radius 2 is 2.00 bits per heavy atom. The monoisotopic (exact) mass is 240 g/mol. The molecule has 0 spiro atoms. The lowest BCUT2D eigenvalue weighted by Gasteiger charge is -2.39. The van der Waals surface area contributed by atoms with Gasteiger partial charge in [0, 0.05) is 45.8 Å². The first kappa shape index (κ1) is 12.6. The molecule has 0 radical (unpaired) electrons. The van der Waals surface area contributed by atoms with E-state index in [0.717, 1.165) is 45.7 Å². The second-order valence-electron chi connectivity index (χ2n) is 5.19. The van der Waals surface area contributed by atoms with E-state index in [1.165, 1.54) is 6.42 Å². The van der Waals surface area contributed by atoms with Crippen LogP contribution in [0.1, 0.15) is 12.8 Å². The maximum atomic E-state index is 12.3. The molecular weight excluding hydrogens is 216 g/mol. The molecule has 17 heavy (non-hydrogen) atoms. The number of carbonyl (C=O) groups excluding carboxylic acids is 1. The van der Waals surface area contributed by atoms with Gasteiger partial charge >= 0.3 is 6.03 Å². The van der Waals surface area contributed by atoms with Crippen LogP contribution in [0.3, 0.4) is 0 Å². The summed E-state index contributed by atoms with van der Waals surface area (Å²) in [7, 11) is 4.09. The Labute approximate surface area is 104 Å². The molecule has 2 aliphatic rings. The Kier molecular flexibility index (Phi) is 4.23. The molecule has 2 heterocycles. The molecule has 5 heteroatoms. The Balaban J connectivity index is 1.89. The van der Waals surface area contributed by atoms with Crippen LogP contribution in [-0.4, -0.2) is 80.1 Å². The zero-order chi connectivity index (χ0) is 12.3. The standard InChI is InChI=1S/C12H24N4O/c1-14-7-3-4-11(10-14)15(2)12(17)16-8-5-13-6-9-16/h11,13H,3-10H2,1-2H3. The molecule has 2 rings (SSSR count). The molecule has 1 N–H and O–H groups in total. The molecule has 0 aromatic heterocycles. The molecule has 1 unspecified atom stereocenters. The summed E-state index contributed by atoms with van der Waals surface area (Å²) in [6, 6.07) is 0.586. The Bertz CT molecular complexity index is 265. The summed E-state index contributed by atoms with van der Waals surface area (Å²) in [6.07, 6.45) is 2.33. The third-order valence-electron chi connectivity index (χ3n) is 3.84. The van der Waals surface area contributed by atoms with E-state index in [0.29, 0.717) is 6.04 Å². The van der Waals surface area contributed by atoms with E-state index < -0.39 is 0 Å². The minimum absolute atomic E-state index is 0.201. The van der Waals surface area contributed by atoms with Crippen molar-refractivity contribution in [3.05, 3.63) is 0 Å². The molecule has 5 nitrogen and oxygen atoms in total. The molecule has 1 atom stereocenters. The first-order valence-electron chi connectivity index (χ1n) is 6.59. The predicted molar refractivity (Wildman–Crippen MR) is 68.1 cm³/mol. The van der Waals surface area contributed by atoms with E-state index in [1.807, 2.05) is 16.8 Å². The van der Waals surface area contributed by atoms with Crippen molar-refractivity contribution in [3.8, 4) is 0 Å². The number of nitrogens with one attached hydrogen (secondary N) is 1. The second-order valence-corrected chi connectivity index (χ2v) is 5.19. The largest absolute Gasteiger partial charge is 0.323 e. The van der Waals surface area contributed by atoms with Gasteiger partial charge in [-0.1, -0.05) is 0 Å². The van der Waals surface area contributed by atoms with E-state index in [1.54, 1.807) is 0 Å². The summed E-state index contributed by atoms with van der Waals surface area (Å²) in [5.41, 5.74) is 0. The van der Waals surface area contributed by atoms with E-state index in [4.69, 9.17) is 0 Å². The van der Waals surface area contributed by atoms with Crippen LogP contribution < -0.4 is 5.32 Å². The molecule has 98 valence electrons. The summed E-state index contributed by atoms with van der Waals surface area (Å²) in [4.78, 5) is 18.5. The Hall–Kier alpha value is -0.810. The minimum Gasteiger partial charge on any atom is -0.323 e. The number of likely N-dealkylation sites (N-methyl/N-ethyl adjacent to an activating group) is 2. The summed E-state index contributed by atoms with van der Waals surface area (Å²) in [5, 5.41) is 3.27. The van der Waals surface area contributed by atoms with Crippen LogP contribution in [0.4, 0.5) is 4.79 Å². The number of carbonyl (C=O) groups is 1. The van der Waals surface area contributed by atoms with E-state index in [-0.39, 0.29) is 6.03 Å². The van der Waals surface area contributed by atoms with Crippen molar-refractivity contribution < 1.29 is 4.79 Å². The van der Waals surface area contributed by atoms with Crippen LogP contribution in [0.2, 0.25) is 0 Å². The van der Waals surface area contributed by atoms with Gasteiger partial charge in [-0.15, -0.1) is 0 Å². The summed E-state index contributed by atoms with van der Waals surface area (Å²) in [6.45, 7) is 5.69. The van der Waals surface area contributed by atoms with Crippen LogP contribution in [0.5, 0.6) is 0 Å². The maximum Gasteiger partial charge on any atom is 0.320 e. The van der Waals surface area contributed by atoms with Gasteiger partial charge in [0.15, 0.2) is 0 Å². The highest BCUT2D eigenvalue weighted by molar-refractivity contribution is 5.74. The molecule has 0 aliphatic carbocycles. The molecule has 0 aromatic rings. The molecule has 2 aliphatic heterocycles. The summed E-state index contributed by atoms with van der Waals surface area (Å²) < 4.78 is 0. The summed E-state index contributed by atoms with van der Waals surface area (Å²) >= 11 is 0. The lowest BCUT2D eigenvalue weighted by atomic mass is 10.1. The lowest BCUT2D eigenvalue weighted by Crippen LogP contribution is -2.55. The highest BCUT2D eigenvalue weighted by Gasteiger charge is 2.27. The third-order valence-corrected chi connectivity index (χ3v) is 3.84. The maximum absolute atomic E-state index is 12.3. The van der Waals surface area contributed by atoms with Gasteiger partial charge in [-0.2, -0.15) is 0 Å². The zero-order valence-electron chi connectivity index (χ0n) is 11.0. The van der Waals surface area contributed by atoms with Gasteiger partial charge in [0.1, 0.15) is 0 Å². The molecular formula is C12H24N4O. The number of piperidine rings is 1. The van der Waals surface area contributed by atoms with Crippen LogP contribution >= 0.6 is 0 Å². The second kappa shape index (κ2) is 5.69. The quantitative estimate of drug-likeness (QED) is 0.703. The fourth-order valence-electron chi connectivity index (χ4n) is 2.69. The topological polar surface area (TPSA) is 38.8 Å². The van der Waals surface area contributed by atoms with Crippen LogP contribution in [0.15, 0.2) is 0 Å². The number of hydrogen-bond donors (Lipinski definition) is 1. The highest BCUT2D eigenvalue weighted by atomic mass is 16.2. The number of piperazine rings is 1. The molecule has 2 amide bonds. The zero-order valence-corrected chi connectivity index (χ0v) is 11.0. The van der Waals surface area contributed by atoms with Crippen molar-refractivity contribution in [2.75, 3.05) is 53.4 Å². The van der Waals surface area contributed by atoms with Gasteiger partial charge in [-0.05, 0) is 26.4 Å². The average Bonchev–Trinajstić information content (AvgIpc) is 2.38. The number of nitrogens with zero attached hydrogens (tertiary/aromatic N) is 3. The number of rotatable bonds is 1. The number of urea groups is 1. The number of hydrogen-bond acceptors (Lipinski definition) is 3. The van der Waals surface area contributed by atoms with Gasteiger partial charge in [-0.3, -0.25) is 0 Å². The lowest BCUT2D eigenvalue weighted by molar-refractivity contribution is 0.110. The summed E-state index contributed by atoms with van der Waals surface area (Å²) in [5.74, 6) is 0. The first-order valence-corrected chi connectivity index (χ1v) is 6.59. The Morgan fingerprint density at radius 3 is 2.65 bits per heavy atom. The molecule has 0 bridgehead atoms. The molecule has 2 fully saturated rings. The molecule has 2 saturated heterocycles. The predicted octanol–water partition coefficient (Wildman–Crippen LogP) is 0.0376. The Morgan fingerprint density at radius 1 is 1.29 bits per heavy atom. The number of amides is 2. The van der Waals surface area contributed by atoms with Crippen LogP contribution in [0.25, 0.3) is 0 Å². The molecule has 0 saturated carbocycles. The normalized spacial score (nSPS) is 26.9. The molecule has 0 aromatic carbocycles. The fourth-order valence-corrected chi connectivity index (χ4v) is 2.69. The van der Waals surface area contributed by atoms with Crippen molar-refractivity contribution in [2.24, 2.45) is 0 Å². The highest BCUT2D eigenvalue weighted by Crippen LogP contribution is 2.15. The van der Waals surface area contributed by atoms with Gasteiger partial charge in [0.25, 0.3) is 0 Å². The van der Waals surface area contributed by atoms with Gasteiger partial charge < -0.3 is 20.0 Å². The van der Waals surface area contributed by atoms with Crippen molar-refractivity contribution in [1.82, 2.24) is 20.0 Å². The van der Waals surface area contributed by atoms with Crippen molar-refractivity contribution >= 4 is 6.03 Å². The average molecular weight is 240 g/mol. The first-order chi connectivity index (χ1) is 8.18. The van der Waals surface area contributed by atoms with Gasteiger partial charge in [0.05, 0.1) is 0 Å². The minimum atomic E-state index is 0.201. The van der Waals surface area contributed by atoms with E-state index in [2.05, 4.69) is 17.3 Å². The fraction of sp³-hybridized carbons (Fsp3) is 0.917. The van der Waals surface area contributed by atoms with Gasteiger partial charge in [-0.25, -0.2) is 4.79 Å². The van der Waals surface area contributed by atoms with Crippen molar-refractivity contribution in [2.45, 2.75) is 18.9 Å². The smallest absolute Gasteiger partial charge is 0.320 e. The van der Waals surface area contributed by atoms with Crippen molar-refractivity contribution in [3.63, 3.8) is 0 Å².